The van der Waals surface area contributed by atoms with Gasteiger partial charge >= 0.3 is 0 Å². The summed E-state index contributed by atoms with van der Waals surface area (Å²) in [5.41, 5.74) is 7.14. The van der Waals surface area contributed by atoms with E-state index in [1.54, 1.807) is 0 Å². The Balaban J connectivity index is 1.61. The van der Waals surface area contributed by atoms with Crippen molar-refractivity contribution in [2.75, 3.05) is 6.61 Å². The van der Waals surface area contributed by atoms with Crippen LogP contribution in [0.5, 0.6) is 0 Å². The van der Waals surface area contributed by atoms with Crippen LogP contribution in [0.25, 0.3) is 11.0 Å². The van der Waals surface area contributed by atoms with Gasteiger partial charge in [-0.1, -0.05) is 44.4 Å². The summed E-state index contributed by atoms with van der Waals surface area (Å²) in [5.74, 6) is 1.52. The van der Waals surface area contributed by atoms with Gasteiger partial charge in [-0.3, -0.25) is 0 Å². The minimum absolute atomic E-state index is 0.183. The molecule has 1 saturated carbocycles. The molecule has 0 spiro atoms. The molecule has 3 heteroatoms. The maximum Gasteiger partial charge on any atom is 0.134 e. The number of furan rings is 1. The highest BCUT2D eigenvalue weighted by Crippen LogP contribution is 2.30. The van der Waals surface area contributed by atoms with Crippen LogP contribution in [0, 0.1) is 5.92 Å². The van der Waals surface area contributed by atoms with Crippen LogP contribution in [0.15, 0.2) is 34.7 Å². The molecule has 1 aromatic carbocycles. The number of hydrogen-bond donors (Lipinski definition) is 1. The van der Waals surface area contributed by atoms with Crippen LogP contribution < -0.4 is 5.73 Å². The van der Waals surface area contributed by atoms with Crippen LogP contribution in [0.4, 0.5) is 0 Å². The molecule has 3 atom stereocenters. The molecule has 114 valence electrons. The summed E-state index contributed by atoms with van der Waals surface area (Å²) in [6.07, 6.45) is 6.66. The molecule has 1 heterocycles. The van der Waals surface area contributed by atoms with Gasteiger partial charge in [-0.15, -0.1) is 0 Å². The van der Waals surface area contributed by atoms with Crippen molar-refractivity contribution in [2.24, 2.45) is 11.7 Å². The van der Waals surface area contributed by atoms with Crippen LogP contribution in [-0.2, 0) is 4.74 Å². The van der Waals surface area contributed by atoms with E-state index in [0.717, 1.165) is 16.7 Å². The molecule has 1 fully saturated rings. The molecule has 0 radical (unpaired) electrons. The summed E-state index contributed by atoms with van der Waals surface area (Å²) in [5, 5.41) is 1.10. The molecule has 2 N–H and O–H groups in total. The molecule has 3 nitrogen and oxygen atoms in total. The molecule has 3 rings (SSSR count). The first kappa shape index (κ1) is 14.6. The molecule has 3 unspecified atom stereocenters. The lowest BCUT2D eigenvalue weighted by atomic mass is 9.85. The normalized spacial score (nSPS) is 24.3. The lowest BCUT2D eigenvalue weighted by molar-refractivity contribution is -0.0196. The first-order valence-electron chi connectivity index (χ1n) is 8.13. The molecule has 0 saturated heterocycles. The van der Waals surface area contributed by atoms with Gasteiger partial charge in [0.25, 0.3) is 0 Å². The number of rotatable bonds is 5. The summed E-state index contributed by atoms with van der Waals surface area (Å²) in [6.45, 7) is 2.80. The monoisotopic (exact) mass is 287 g/mol. The predicted octanol–water partition coefficient (Wildman–Crippen LogP) is 4.42. The lowest BCUT2D eigenvalue weighted by Crippen LogP contribution is -2.30. The molecule has 0 amide bonds. The minimum Gasteiger partial charge on any atom is -0.459 e. The maximum absolute atomic E-state index is 6.24. The molecule has 21 heavy (non-hydrogen) atoms. The SMILES string of the molecule is CCC1CCCCC1OCC(N)c1cc2ccccc2o1. The smallest absolute Gasteiger partial charge is 0.134 e. The summed E-state index contributed by atoms with van der Waals surface area (Å²) in [4.78, 5) is 0. The number of ether oxygens (including phenoxy) is 1. The fraction of sp³-hybridized carbons (Fsp3) is 0.556. The minimum atomic E-state index is -0.183. The van der Waals surface area contributed by atoms with Gasteiger partial charge in [-0.2, -0.15) is 0 Å². The Morgan fingerprint density at radius 2 is 2.10 bits per heavy atom. The zero-order valence-corrected chi connectivity index (χ0v) is 12.8. The van der Waals surface area contributed by atoms with Crippen molar-refractivity contribution in [3.05, 3.63) is 36.1 Å². The van der Waals surface area contributed by atoms with Crippen LogP contribution >= 0.6 is 0 Å². The highest BCUT2D eigenvalue weighted by atomic mass is 16.5. The Morgan fingerprint density at radius 1 is 1.29 bits per heavy atom. The van der Waals surface area contributed by atoms with Crippen molar-refractivity contribution >= 4 is 11.0 Å². The van der Waals surface area contributed by atoms with Gasteiger partial charge in [0.2, 0.25) is 0 Å². The van der Waals surface area contributed by atoms with E-state index in [0.29, 0.717) is 18.6 Å². The van der Waals surface area contributed by atoms with E-state index < -0.39 is 0 Å². The molecule has 0 bridgehead atoms. The van der Waals surface area contributed by atoms with Crippen LogP contribution in [0.1, 0.15) is 50.8 Å². The number of nitrogens with two attached hydrogens (primary N) is 1. The Hall–Kier alpha value is -1.32. The van der Waals surface area contributed by atoms with Gasteiger partial charge in [0.1, 0.15) is 11.3 Å². The van der Waals surface area contributed by atoms with Crippen LogP contribution in [0.3, 0.4) is 0 Å². The zero-order valence-electron chi connectivity index (χ0n) is 12.8. The van der Waals surface area contributed by atoms with E-state index in [2.05, 4.69) is 6.92 Å². The summed E-state index contributed by atoms with van der Waals surface area (Å²) >= 11 is 0. The standard InChI is InChI=1S/C18H25NO2/c1-2-13-7-3-5-9-16(13)20-12-15(19)18-11-14-8-4-6-10-17(14)21-18/h4,6,8,10-11,13,15-16H,2-3,5,7,9,12,19H2,1H3. The van der Waals surface area contributed by atoms with Crippen LogP contribution in [0.2, 0.25) is 0 Å². The Labute approximate surface area is 126 Å². The van der Waals surface area contributed by atoms with Gasteiger partial charge in [-0.05, 0) is 30.9 Å². The van der Waals surface area contributed by atoms with E-state index in [1.807, 2.05) is 30.3 Å². The number of benzene rings is 1. The summed E-state index contributed by atoms with van der Waals surface area (Å²) < 4.78 is 11.9. The second-order valence-corrected chi connectivity index (χ2v) is 6.12. The van der Waals surface area contributed by atoms with Crippen LogP contribution in [-0.4, -0.2) is 12.7 Å². The Bertz CT molecular complexity index is 544. The third-order valence-corrected chi connectivity index (χ3v) is 4.66. The Morgan fingerprint density at radius 3 is 2.90 bits per heavy atom. The van der Waals surface area contributed by atoms with E-state index >= 15 is 0 Å². The van der Waals surface area contributed by atoms with Crippen molar-refractivity contribution in [2.45, 2.75) is 51.2 Å². The molecular weight excluding hydrogens is 262 g/mol. The van der Waals surface area contributed by atoms with Gasteiger partial charge in [-0.25, -0.2) is 0 Å². The molecule has 2 aromatic rings. The predicted molar refractivity (Wildman–Crippen MR) is 85.1 cm³/mol. The first-order valence-corrected chi connectivity index (χ1v) is 8.13. The average Bonchev–Trinajstić information content (AvgIpc) is 2.97. The second kappa shape index (κ2) is 6.63. The van der Waals surface area contributed by atoms with E-state index in [-0.39, 0.29) is 6.04 Å². The lowest BCUT2D eigenvalue weighted by Gasteiger charge is -2.31. The van der Waals surface area contributed by atoms with Gasteiger partial charge in [0, 0.05) is 5.39 Å². The summed E-state index contributed by atoms with van der Waals surface area (Å²) in [7, 11) is 0. The number of para-hydroxylation sites is 1. The highest BCUT2D eigenvalue weighted by molar-refractivity contribution is 5.77. The first-order chi connectivity index (χ1) is 10.3. The largest absolute Gasteiger partial charge is 0.459 e. The molecule has 1 aliphatic carbocycles. The zero-order chi connectivity index (χ0) is 14.7. The number of hydrogen-bond acceptors (Lipinski definition) is 3. The van der Waals surface area contributed by atoms with Crippen molar-refractivity contribution in [1.29, 1.82) is 0 Å². The quantitative estimate of drug-likeness (QED) is 0.885. The fourth-order valence-corrected chi connectivity index (χ4v) is 3.35. The number of fused-ring (bicyclic) bond motifs is 1. The molecule has 0 aliphatic heterocycles. The topological polar surface area (TPSA) is 48.4 Å². The van der Waals surface area contributed by atoms with Gasteiger partial charge < -0.3 is 14.9 Å². The average molecular weight is 287 g/mol. The van der Waals surface area contributed by atoms with Crippen molar-refractivity contribution in [3.8, 4) is 0 Å². The van der Waals surface area contributed by atoms with Gasteiger partial charge in [0.15, 0.2) is 0 Å². The summed E-state index contributed by atoms with van der Waals surface area (Å²) in [6, 6.07) is 9.85. The van der Waals surface area contributed by atoms with Crippen molar-refractivity contribution in [1.82, 2.24) is 0 Å². The molecular formula is C18H25NO2. The van der Waals surface area contributed by atoms with E-state index in [4.69, 9.17) is 14.9 Å². The van der Waals surface area contributed by atoms with E-state index in [1.165, 1.54) is 32.1 Å². The third-order valence-electron chi connectivity index (χ3n) is 4.66. The fourth-order valence-electron chi connectivity index (χ4n) is 3.35. The van der Waals surface area contributed by atoms with Gasteiger partial charge in [0.05, 0.1) is 18.8 Å². The van der Waals surface area contributed by atoms with Crippen molar-refractivity contribution in [3.63, 3.8) is 0 Å². The molecule has 1 aliphatic rings. The highest BCUT2D eigenvalue weighted by Gasteiger charge is 2.25. The maximum atomic E-state index is 6.24. The Kier molecular flexibility index (Phi) is 4.61. The molecule has 1 aromatic heterocycles. The third kappa shape index (κ3) is 3.30. The second-order valence-electron chi connectivity index (χ2n) is 6.12. The van der Waals surface area contributed by atoms with Crippen molar-refractivity contribution < 1.29 is 9.15 Å². The van der Waals surface area contributed by atoms with E-state index in [9.17, 15) is 0 Å².